The second-order valence-electron chi connectivity index (χ2n) is 4.06. The lowest BCUT2D eigenvalue weighted by Crippen LogP contribution is -2.05. The molecule has 0 atom stereocenters. The summed E-state index contributed by atoms with van der Waals surface area (Å²) in [6, 6.07) is 4.21. The number of aromatic nitrogens is 2. The Bertz CT molecular complexity index is 642. The van der Waals surface area contributed by atoms with Gasteiger partial charge in [-0.25, -0.2) is 4.98 Å². The third-order valence-electron chi connectivity index (χ3n) is 2.79. The summed E-state index contributed by atoms with van der Waals surface area (Å²) in [5.74, 6) is 0.624. The molecule has 1 aromatic heterocycles. The molecule has 8 heteroatoms. The molecule has 20 heavy (non-hydrogen) atoms. The summed E-state index contributed by atoms with van der Waals surface area (Å²) in [5, 5.41) is 20.4. The van der Waals surface area contributed by atoms with E-state index in [1.54, 1.807) is 11.6 Å². The molecule has 7 nitrogen and oxygen atoms in total. The van der Waals surface area contributed by atoms with Gasteiger partial charge in [-0.15, -0.1) is 0 Å². The number of nitro groups is 1. The first-order valence-corrected chi connectivity index (χ1v) is 6.07. The van der Waals surface area contributed by atoms with E-state index in [1.807, 2.05) is 0 Å². The Balaban J connectivity index is 2.23. The maximum atomic E-state index is 10.9. The molecule has 2 aromatic rings. The number of nitro benzene ring substituents is 1. The zero-order chi connectivity index (χ0) is 14.7. The van der Waals surface area contributed by atoms with E-state index in [0.29, 0.717) is 16.5 Å². The van der Waals surface area contributed by atoms with Crippen LogP contribution in [0.25, 0.3) is 0 Å². The van der Waals surface area contributed by atoms with Crippen molar-refractivity contribution in [2.75, 3.05) is 0 Å². The highest BCUT2D eigenvalue weighted by Crippen LogP contribution is 2.28. The van der Waals surface area contributed by atoms with Crippen LogP contribution < -0.4 is 4.74 Å². The van der Waals surface area contributed by atoms with Crippen molar-refractivity contribution in [3.05, 3.63) is 51.1 Å². The van der Waals surface area contributed by atoms with Crippen LogP contribution in [0.3, 0.4) is 0 Å². The second-order valence-corrected chi connectivity index (χ2v) is 4.45. The average molecular weight is 298 g/mol. The number of aliphatic hydroxyl groups is 1. The maximum absolute atomic E-state index is 10.9. The van der Waals surface area contributed by atoms with E-state index in [2.05, 4.69) is 4.98 Å². The number of nitrogens with zero attached hydrogens (tertiary/aromatic N) is 3. The molecule has 0 aliphatic heterocycles. The number of imidazole rings is 1. The molecule has 1 heterocycles. The molecule has 0 radical (unpaired) electrons. The van der Waals surface area contributed by atoms with Gasteiger partial charge in [-0.3, -0.25) is 10.1 Å². The fraction of sp³-hybridized carbons (Fsp3) is 0.250. The fourth-order valence-corrected chi connectivity index (χ4v) is 1.77. The van der Waals surface area contributed by atoms with Gasteiger partial charge in [0.2, 0.25) is 0 Å². The number of benzene rings is 1. The van der Waals surface area contributed by atoms with Gasteiger partial charge in [-0.2, -0.15) is 0 Å². The minimum atomic E-state index is -0.540. The smallest absolute Gasteiger partial charge is 0.310 e. The number of ether oxygens (including phenoxy) is 1. The van der Waals surface area contributed by atoms with Crippen LogP contribution in [-0.4, -0.2) is 19.6 Å². The molecule has 0 spiro atoms. The standard InChI is InChI=1S/C12H12ClN3O4/c1-15-11(13)5-14-12(15)7-20-10-4-8(6-17)2-3-9(10)16(18)19/h2-5,17H,6-7H2,1H3. The predicted molar refractivity (Wildman–Crippen MR) is 71.6 cm³/mol. The van der Waals surface area contributed by atoms with Crippen LogP contribution in [0.5, 0.6) is 5.75 Å². The molecule has 0 saturated carbocycles. The molecule has 0 bridgehead atoms. The number of hydrogen-bond donors (Lipinski definition) is 1. The van der Waals surface area contributed by atoms with Crippen LogP contribution in [0.15, 0.2) is 24.4 Å². The molecule has 1 aromatic carbocycles. The maximum Gasteiger partial charge on any atom is 0.310 e. The Hall–Kier alpha value is -2.12. The zero-order valence-corrected chi connectivity index (χ0v) is 11.4. The Morgan fingerprint density at radius 1 is 1.55 bits per heavy atom. The summed E-state index contributed by atoms with van der Waals surface area (Å²) in [6.45, 7) is -0.179. The summed E-state index contributed by atoms with van der Waals surface area (Å²) in [5.41, 5.74) is 0.367. The van der Waals surface area contributed by atoms with Gasteiger partial charge >= 0.3 is 5.69 Å². The van der Waals surface area contributed by atoms with Gasteiger partial charge < -0.3 is 14.4 Å². The predicted octanol–water partition coefficient (Wildman–Crippen LogP) is 2.05. The van der Waals surface area contributed by atoms with Crippen molar-refractivity contribution in [1.29, 1.82) is 0 Å². The molecular formula is C12H12ClN3O4. The average Bonchev–Trinajstić information content (AvgIpc) is 2.76. The number of hydrogen-bond acceptors (Lipinski definition) is 5. The number of halogens is 1. The van der Waals surface area contributed by atoms with Gasteiger partial charge in [0.25, 0.3) is 0 Å². The largest absolute Gasteiger partial charge is 0.479 e. The van der Waals surface area contributed by atoms with Gasteiger partial charge in [0.15, 0.2) is 5.75 Å². The lowest BCUT2D eigenvalue weighted by molar-refractivity contribution is -0.386. The van der Waals surface area contributed by atoms with E-state index in [9.17, 15) is 10.1 Å². The summed E-state index contributed by atoms with van der Waals surface area (Å²) in [6.07, 6.45) is 1.47. The van der Waals surface area contributed by atoms with Crippen molar-refractivity contribution in [3.63, 3.8) is 0 Å². The van der Waals surface area contributed by atoms with Gasteiger partial charge in [0.05, 0.1) is 17.7 Å². The first kappa shape index (κ1) is 14.3. The monoisotopic (exact) mass is 297 g/mol. The third kappa shape index (κ3) is 2.89. The molecule has 1 N–H and O–H groups in total. The van der Waals surface area contributed by atoms with Gasteiger partial charge in [0, 0.05) is 13.1 Å². The highest BCUT2D eigenvalue weighted by atomic mass is 35.5. The van der Waals surface area contributed by atoms with E-state index < -0.39 is 4.92 Å². The topological polar surface area (TPSA) is 90.4 Å². The van der Waals surface area contributed by atoms with Crippen LogP contribution in [0.2, 0.25) is 5.15 Å². The van der Waals surface area contributed by atoms with Crippen molar-refractivity contribution in [1.82, 2.24) is 9.55 Å². The Morgan fingerprint density at radius 2 is 2.30 bits per heavy atom. The van der Waals surface area contributed by atoms with E-state index >= 15 is 0 Å². The minimum absolute atomic E-state index is 0.0406. The van der Waals surface area contributed by atoms with E-state index in [1.165, 1.54) is 24.4 Å². The highest BCUT2D eigenvalue weighted by molar-refractivity contribution is 6.29. The van der Waals surface area contributed by atoms with Crippen molar-refractivity contribution in [3.8, 4) is 5.75 Å². The first-order chi connectivity index (χ1) is 9.52. The molecule has 106 valence electrons. The number of aliphatic hydroxyl groups excluding tert-OH is 1. The number of rotatable bonds is 5. The summed E-state index contributed by atoms with van der Waals surface area (Å²) in [4.78, 5) is 14.4. The molecule has 2 rings (SSSR count). The van der Waals surface area contributed by atoms with Crippen LogP contribution in [-0.2, 0) is 20.3 Å². The molecule has 0 aliphatic carbocycles. The third-order valence-corrected chi connectivity index (χ3v) is 3.14. The van der Waals surface area contributed by atoms with Crippen molar-refractivity contribution in [2.24, 2.45) is 7.05 Å². The van der Waals surface area contributed by atoms with Crippen LogP contribution in [0.4, 0.5) is 5.69 Å². The summed E-state index contributed by atoms with van der Waals surface area (Å²) in [7, 11) is 1.71. The van der Waals surface area contributed by atoms with Crippen molar-refractivity contribution in [2.45, 2.75) is 13.2 Å². The summed E-state index contributed by atoms with van der Waals surface area (Å²) >= 11 is 5.84. The first-order valence-electron chi connectivity index (χ1n) is 5.70. The van der Waals surface area contributed by atoms with Crippen LogP contribution >= 0.6 is 11.6 Å². The van der Waals surface area contributed by atoms with Crippen molar-refractivity contribution < 1.29 is 14.8 Å². The molecule has 0 unspecified atom stereocenters. The van der Waals surface area contributed by atoms with Crippen LogP contribution in [0.1, 0.15) is 11.4 Å². The Morgan fingerprint density at radius 3 is 2.85 bits per heavy atom. The quantitative estimate of drug-likeness (QED) is 0.674. The zero-order valence-electron chi connectivity index (χ0n) is 10.6. The highest BCUT2D eigenvalue weighted by Gasteiger charge is 2.16. The molecule has 0 fully saturated rings. The molecular weight excluding hydrogens is 286 g/mol. The summed E-state index contributed by atoms with van der Waals surface area (Å²) < 4.78 is 7.04. The van der Waals surface area contributed by atoms with E-state index in [0.717, 1.165) is 0 Å². The minimum Gasteiger partial charge on any atom is -0.479 e. The Kier molecular flexibility index (Phi) is 4.21. The molecule has 0 amide bonds. The SMILES string of the molecule is Cn1c(Cl)cnc1COc1cc(CO)ccc1[N+](=O)[O-]. The van der Waals surface area contributed by atoms with E-state index in [-0.39, 0.29) is 24.7 Å². The van der Waals surface area contributed by atoms with Gasteiger partial charge in [-0.05, 0) is 17.7 Å². The van der Waals surface area contributed by atoms with Crippen molar-refractivity contribution >= 4 is 17.3 Å². The van der Waals surface area contributed by atoms with Crippen LogP contribution in [0, 0.1) is 10.1 Å². The van der Waals surface area contributed by atoms with Gasteiger partial charge in [0.1, 0.15) is 17.6 Å². The normalized spacial score (nSPS) is 10.6. The lowest BCUT2D eigenvalue weighted by Gasteiger charge is -2.08. The second kappa shape index (κ2) is 5.89. The molecule has 0 aliphatic rings. The lowest BCUT2D eigenvalue weighted by atomic mass is 10.2. The fourth-order valence-electron chi connectivity index (χ4n) is 1.62. The van der Waals surface area contributed by atoms with E-state index in [4.69, 9.17) is 21.4 Å². The Labute approximate surface area is 119 Å². The molecule has 0 saturated heterocycles. The van der Waals surface area contributed by atoms with Gasteiger partial charge in [-0.1, -0.05) is 11.6 Å².